The topological polar surface area (TPSA) is 94.6 Å². The van der Waals surface area contributed by atoms with Crippen molar-refractivity contribution in [2.24, 2.45) is 5.92 Å². The van der Waals surface area contributed by atoms with Crippen LogP contribution in [0.15, 0.2) is 15.6 Å². The highest BCUT2D eigenvalue weighted by molar-refractivity contribution is 14.1. The number of nitrogens with zero attached hydrogens (tertiary/aromatic N) is 2. The zero-order valence-electron chi connectivity index (χ0n) is 15.5. The van der Waals surface area contributed by atoms with Gasteiger partial charge in [-0.3, -0.25) is 4.79 Å². The van der Waals surface area contributed by atoms with Crippen LogP contribution in [0.5, 0.6) is 0 Å². The Morgan fingerprint density at radius 1 is 1.50 bits per heavy atom. The van der Waals surface area contributed by atoms with Crippen molar-refractivity contribution in [3.05, 3.63) is 19.9 Å². The van der Waals surface area contributed by atoms with Gasteiger partial charge in [0, 0.05) is 21.4 Å². The van der Waals surface area contributed by atoms with Gasteiger partial charge in [0.2, 0.25) is 5.91 Å². The number of anilines is 2. The first-order chi connectivity index (χ1) is 14.3. The molecule has 3 atom stereocenters. The molecule has 3 fully saturated rings. The minimum atomic E-state index is -0.948. The molecule has 1 aromatic carbocycles. The van der Waals surface area contributed by atoms with Crippen molar-refractivity contribution < 1.29 is 19.1 Å². The van der Waals surface area contributed by atoms with E-state index in [1.807, 2.05) is 22.6 Å². The molecule has 1 saturated carbocycles. The predicted molar refractivity (Wildman–Crippen MR) is 127 cm³/mol. The minimum absolute atomic E-state index is 0.127. The Balaban J connectivity index is 1.87. The van der Waals surface area contributed by atoms with Gasteiger partial charge in [-0.05, 0) is 57.3 Å². The molecule has 12 heteroatoms. The van der Waals surface area contributed by atoms with Crippen LogP contribution in [-0.4, -0.2) is 57.8 Å². The molecule has 3 unspecified atom stereocenters. The van der Waals surface area contributed by atoms with Crippen molar-refractivity contribution in [3.63, 3.8) is 0 Å². The Labute approximate surface area is 202 Å². The quantitative estimate of drug-likeness (QED) is 0.191. The Morgan fingerprint density at radius 3 is 2.83 bits per heavy atom. The van der Waals surface area contributed by atoms with Gasteiger partial charge in [0.15, 0.2) is 5.82 Å². The molecule has 0 spiro atoms. The average Bonchev–Trinajstić information content (AvgIpc) is 3.31. The zero-order valence-corrected chi connectivity index (χ0v) is 20.8. The lowest BCUT2D eigenvalue weighted by atomic mass is 9.79. The van der Waals surface area contributed by atoms with Crippen LogP contribution in [0, 0.1) is 15.3 Å². The van der Waals surface area contributed by atoms with Crippen molar-refractivity contribution >= 4 is 96.2 Å². The SMILES string of the molecule is CSc1nc2c(F)c(Br)c(I)cc2c(NC2C3CC2N(C(=O)O)C3)c1NC(=O)CCl. The van der Waals surface area contributed by atoms with Gasteiger partial charge in [-0.25, -0.2) is 14.2 Å². The second-order valence-electron chi connectivity index (χ2n) is 7.10. The number of hydrogen-bond acceptors (Lipinski definition) is 5. The minimum Gasteiger partial charge on any atom is -0.465 e. The van der Waals surface area contributed by atoms with Crippen LogP contribution < -0.4 is 10.6 Å². The van der Waals surface area contributed by atoms with E-state index in [9.17, 15) is 14.7 Å². The van der Waals surface area contributed by atoms with Gasteiger partial charge >= 0.3 is 6.09 Å². The van der Waals surface area contributed by atoms with E-state index in [1.54, 1.807) is 12.3 Å². The first-order valence-corrected chi connectivity index (χ1v) is 12.6. The van der Waals surface area contributed by atoms with E-state index in [0.717, 1.165) is 6.42 Å². The van der Waals surface area contributed by atoms with Gasteiger partial charge < -0.3 is 20.6 Å². The lowest BCUT2D eigenvalue weighted by Gasteiger charge is -2.38. The van der Waals surface area contributed by atoms with Gasteiger partial charge in [-0.2, -0.15) is 0 Å². The molecule has 3 aliphatic rings. The summed E-state index contributed by atoms with van der Waals surface area (Å²) in [6.45, 7) is 0.455. The van der Waals surface area contributed by atoms with Crippen LogP contribution >= 0.6 is 61.9 Å². The van der Waals surface area contributed by atoms with E-state index in [-0.39, 0.29) is 29.4 Å². The number of fused-ring (bicyclic) bond motifs is 2. The Bertz CT molecular complexity index is 1080. The first-order valence-electron chi connectivity index (χ1n) is 8.93. The predicted octanol–water partition coefficient (Wildman–Crippen LogP) is 4.80. The smallest absolute Gasteiger partial charge is 0.407 e. The highest BCUT2D eigenvalue weighted by Gasteiger charge is 2.54. The summed E-state index contributed by atoms with van der Waals surface area (Å²) < 4.78 is 16.0. The van der Waals surface area contributed by atoms with E-state index in [4.69, 9.17) is 11.6 Å². The van der Waals surface area contributed by atoms with Crippen LogP contribution in [0.1, 0.15) is 6.42 Å². The number of thioether (sulfide) groups is 1. The molecule has 0 radical (unpaired) electrons. The molecule has 1 aromatic heterocycles. The van der Waals surface area contributed by atoms with Crippen molar-refractivity contribution in [3.8, 4) is 0 Å². The summed E-state index contributed by atoms with van der Waals surface area (Å²) in [5, 5.41) is 16.6. The lowest BCUT2D eigenvalue weighted by Crippen LogP contribution is -2.49. The van der Waals surface area contributed by atoms with Gasteiger partial charge in [0.1, 0.15) is 16.4 Å². The summed E-state index contributed by atoms with van der Waals surface area (Å²) in [6, 6.07) is 1.50. The number of rotatable bonds is 5. The van der Waals surface area contributed by atoms with Crippen LogP contribution in [0.25, 0.3) is 10.9 Å². The molecule has 160 valence electrons. The molecule has 2 bridgehead atoms. The normalized spacial score (nSPS) is 22.2. The Kier molecular flexibility index (Phi) is 6.26. The summed E-state index contributed by atoms with van der Waals surface area (Å²) in [4.78, 5) is 29.5. The van der Waals surface area contributed by atoms with Crippen LogP contribution in [0.2, 0.25) is 0 Å². The van der Waals surface area contributed by atoms with Gasteiger partial charge in [0.25, 0.3) is 0 Å². The van der Waals surface area contributed by atoms with Gasteiger partial charge in [-0.15, -0.1) is 23.4 Å². The van der Waals surface area contributed by atoms with Crippen LogP contribution in [0.4, 0.5) is 20.6 Å². The maximum absolute atomic E-state index is 15.0. The number of carboxylic acid groups (broad SMARTS) is 1. The third-order valence-electron chi connectivity index (χ3n) is 5.52. The number of alkyl halides is 1. The number of pyridine rings is 1. The third kappa shape index (κ3) is 3.61. The molecule has 2 aromatic rings. The molecular weight excluding hydrogens is 614 g/mol. The standard InChI is InChI=1S/C18H16BrClFIN4O3S/c1-30-17-16(23-10(27)4-20)15(7-3-8(22)11(19)12(21)14(7)25-17)24-13-6-2-9(13)26(5-6)18(28)29/h3,6,9,13H,2,4-5H2,1H3,(H,23,27)(H,24,25)(H,28,29). The van der Waals surface area contributed by atoms with Crippen molar-refractivity contribution in [1.82, 2.24) is 9.88 Å². The second-order valence-corrected chi connectivity index (χ2v) is 10.1. The zero-order chi connectivity index (χ0) is 21.7. The number of aromatic nitrogens is 1. The highest BCUT2D eigenvalue weighted by atomic mass is 127. The summed E-state index contributed by atoms with van der Waals surface area (Å²) in [5.74, 6) is -0.983. The van der Waals surface area contributed by atoms with Crippen LogP contribution in [0.3, 0.4) is 0 Å². The van der Waals surface area contributed by atoms with Crippen molar-refractivity contribution in [1.29, 1.82) is 0 Å². The average molecular weight is 630 g/mol. The fraction of sp³-hybridized carbons (Fsp3) is 0.389. The Morgan fingerprint density at radius 2 is 2.23 bits per heavy atom. The maximum atomic E-state index is 15.0. The Hall–Kier alpha value is -1.05. The largest absolute Gasteiger partial charge is 0.465 e. The maximum Gasteiger partial charge on any atom is 0.407 e. The number of carbonyl (C=O) groups is 2. The fourth-order valence-corrected chi connectivity index (χ4v) is 5.55. The van der Waals surface area contributed by atoms with E-state index < -0.39 is 17.8 Å². The van der Waals surface area contributed by atoms with Crippen LogP contribution in [-0.2, 0) is 4.79 Å². The number of amides is 2. The van der Waals surface area contributed by atoms with Crippen molar-refractivity contribution in [2.75, 3.05) is 29.3 Å². The van der Waals surface area contributed by atoms with Gasteiger partial charge in [-0.1, -0.05) is 0 Å². The van der Waals surface area contributed by atoms with E-state index in [1.165, 1.54) is 16.7 Å². The summed E-state index contributed by atoms with van der Waals surface area (Å²) in [7, 11) is 0. The summed E-state index contributed by atoms with van der Waals surface area (Å²) in [6.07, 6.45) is 1.62. The lowest BCUT2D eigenvalue weighted by molar-refractivity contribution is -0.113. The van der Waals surface area contributed by atoms with E-state index >= 15 is 4.39 Å². The molecule has 5 rings (SSSR count). The number of carbonyl (C=O) groups excluding carboxylic acids is 1. The molecule has 3 N–H and O–H groups in total. The number of hydrogen-bond donors (Lipinski definition) is 3. The molecule has 30 heavy (non-hydrogen) atoms. The number of benzene rings is 1. The highest BCUT2D eigenvalue weighted by Crippen LogP contribution is 2.47. The summed E-state index contributed by atoms with van der Waals surface area (Å²) in [5.41, 5.74) is 1.12. The molecular formula is C18H16BrClFIN4O3S. The van der Waals surface area contributed by atoms with Crippen molar-refractivity contribution in [2.45, 2.75) is 23.5 Å². The molecule has 7 nitrogen and oxygen atoms in total. The molecule has 2 aliphatic heterocycles. The monoisotopic (exact) mass is 628 g/mol. The molecule has 1 aliphatic carbocycles. The second kappa shape index (κ2) is 8.47. The molecule has 2 amide bonds. The van der Waals surface area contributed by atoms with E-state index in [0.29, 0.717) is 36.4 Å². The van der Waals surface area contributed by atoms with E-state index in [2.05, 4.69) is 31.5 Å². The molecule has 3 heterocycles. The number of nitrogens with one attached hydrogen (secondary N) is 2. The van der Waals surface area contributed by atoms with Gasteiger partial charge in [0.05, 0.1) is 27.9 Å². The first kappa shape index (κ1) is 22.2. The fourth-order valence-electron chi connectivity index (χ4n) is 4.09. The molecule has 2 saturated heterocycles. The summed E-state index contributed by atoms with van der Waals surface area (Å²) >= 11 is 12.3. The third-order valence-corrected chi connectivity index (χ3v) is 8.81. The number of halogens is 4.